The van der Waals surface area contributed by atoms with E-state index in [1.807, 2.05) is 0 Å². The average Bonchev–Trinajstić information content (AvgIpc) is 2.56. The first-order valence-electron chi connectivity index (χ1n) is 8.15. The van der Waals surface area contributed by atoms with Gasteiger partial charge in [0.2, 0.25) is 5.91 Å². The summed E-state index contributed by atoms with van der Waals surface area (Å²) in [7, 11) is 1.67. The van der Waals surface area contributed by atoms with Crippen molar-refractivity contribution in [1.29, 1.82) is 0 Å². The fourth-order valence-corrected chi connectivity index (χ4v) is 3.10. The highest BCUT2D eigenvalue weighted by Crippen LogP contribution is 2.26. The lowest BCUT2D eigenvalue weighted by molar-refractivity contribution is -0.385. The van der Waals surface area contributed by atoms with E-state index in [1.165, 1.54) is 0 Å². The van der Waals surface area contributed by atoms with Crippen molar-refractivity contribution in [2.45, 2.75) is 45.2 Å². The number of nitrogens with zero attached hydrogens (tertiary/aromatic N) is 3. The van der Waals surface area contributed by atoms with Crippen LogP contribution in [0.25, 0.3) is 0 Å². The summed E-state index contributed by atoms with van der Waals surface area (Å²) >= 11 is 0. The van der Waals surface area contributed by atoms with Crippen LogP contribution < -0.4 is 11.3 Å². The summed E-state index contributed by atoms with van der Waals surface area (Å²) in [4.78, 5) is 47.9. The van der Waals surface area contributed by atoms with Crippen molar-refractivity contribution in [2.24, 2.45) is 11.7 Å². The van der Waals surface area contributed by atoms with Crippen LogP contribution in [-0.4, -0.2) is 39.3 Å². The van der Waals surface area contributed by atoms with Crippen molar-refractivity contribution in [3.8, 4) is 0 Å². The Kier molecular flexibility index (Phi) is 5.55. The zero-order chi connectivity index (χ0) is 18.7. The van der Waals surface area contributed by atoms with E-state index in [0.717, 1.165) is 42.5 Å². The standard InChI is InChI=1S/C16H22N4O5/c1-10-3-5-11(6-4-10)18(2)14(21)9-19-8-12(20(24)25)7-13(15(17)22)16(19)23/h7-8,10-11H,3-6,9H2,1-2H3,(H2,17,22). The fraction of sp³-hybridized carbons (Fsp3) is 0.562. The quantitative estimate of drug-likeness (QED) is 0.623. The summed E-state index contributed by atoms with van der Waals surface area (Å²) < 4.78 is 0.877. The molecule has 1 aromatic rings. The first-order valence-corrected chi connectivity index (χ1v) is 8.15. The molecule has 2 amide bonds. The van der Waals surface area contributed by atoms with Gasteiger partial charge in [0.25, 0.3) is 17.2 Å². The molecule has 9 nitrogen and oxygen atoms in total. The van der Waals surface area contributed by atoms with E-state index < -0.39 is 27.6 Å². The van der Waals surface area contributed by atoms with Gasteiger partial charge in [-0.05, 0) is 31.6 Å². The Bertz CT molecular complexity index is 749. The van der Waals surface area contributed by atoms with Crippen LogP contribution in [-0.2, 0) is 11.3 Å². The Morgan fingerprint density at radius 2 is 1.96 bits per heavy atom. The zero-order valence-corrected chi connectivity index (χ0v) is 14.3. The summed E-state index contributed by atoms with van der Waals surface area (Å²) in [5, 5.41) is 11.0. The van der Waals surface area contributed by atoms with Crippen molar-refractivity contribution in [3.63, 3.8) is 0 Å². The van der Waals surface area contributed by atoms with Gasteiger partial charge in [0.15, 0.2) is 0 Å². The Morgan fingerprint density at radius 3 is 2.48 bits per heavy atom. The fourth-order valence-electron chi connectivity index (χ4n) is 3.10. The number of rotatable bonds is 5. The summed E-state index contributed by atoms with van der Waals surface area (Å²) in [5.74, 6) is -0.764. The predicted molar refractivity (Wildman–Crippen MR) is 90.1 cm³/mol. The van der Waals surface area contributed by atoms with Crippen LogP contribution in [0.2, 0.25) is 0 Å². The van der Waals surface area contributed by atoms with Crippen LogP contribution in [0.4, 0.5) is 5.69 Å². The maximum absolute atomic E-state index is 12.5. The molecule has 0 unspecified atom stereocenters. The second-order valence-corrected chi connectivity index (χ2v) is 6.58. The number of pyridine rings is 1. The molecular weight excluding hydrogens is 328 g/mol. The molecule has 0 saturated heterocycles. The molecule has 1 aromatic heterocycles. The van der Waals surface area contributed by atoms with Gasteiger partial charge in [0.05, 0.1) is 11.1 Å². The van der Waals surface area contributed by atoms with Crippen LogP contribution in [0, 0.1) is 16.0 Å². The number of likely N-dealkylation sites (N-methyl/N-ethyl adjacent to an activating group) is 1. The van der Waals surface area contributed by atoms with E-state index >= 15 is 0 Å². The summed E-state index contributed by atoms with van der Waals surface area (Å²) in [5.41, 5.74) is 3.33. The molecular formula is C16H22N4O5. The first kappa shape index (κ1) is 18.6. The molecule has 1 aliphatic carbocycles. The third kappa shape index (κ3) is 4.23. The number of nitro groups is 1. The van der Waals surface area contributed by atoms with Gasteiger partial charge in [-0.1, -0.05) is 6.92 Å². The highest BCUT2D eigenvalue weighted by molar-refractivity contribution is 5.93. The lowest BCUT2D eigenvalue weighted by Gasteiger charge is -2.33. The van der Waals surface area contributed by atoms with Crippen LogP contribution in [0.1, 0.15) is 43.0 Å². The number of amides is 2. The molecule has 0 radical (unpaired) electrons. The van der Waals surface area contributed by atoms with Crippen molar-refractivity contribution < 1.29 is 14.5 Å². The summed E-state index contributed by atoms with van der Waals surface area (Å²) in [6, 6.07) is 0.923. The average molecular weight is 350 g/mol. The van der Waals surface area contributed by atoms with Gasteiger partial charge in [-0.15, -0.1) is 0 Å². The molecule has 0 aromatic carbocycles. The Morgan fingerprint density at radius 1 is 1.36 bits per heavy atom. The number of carbonyl (C=O) groups excluding carboxylic acids is 2. The number of hydrogen-bond acceptors (Lipinski definition) is 5. The van der Waals surface area contributed by atoms with E-state index in [4.69, 9.17) is 5.73 Å². The molecule has 2 rings (SSSR count). The second kappa shape index (κ2) is 7.45. The van der Waals surface area contributed by atoms with E-state index in [9.17, 15) is 24.5 Å². The lowest BCUT2D eigenvalue weighted by atomic mass is 9.87. The molecule has 25 heavy (non-hydrogen) atoms. The third-order valence-electron chi connectivity index (χ3n) is 4.78. The highest BCUT2D eigenvalue weighted by atomic mass is 16.6. The predicted octanol–water partition coefficient (Wildman–Crippen LogP) is 0.892. The molecule has 0 bridgehead atoms. The topological polar surface area (TPSA) is 129 Å². The molecule has 136 valence electrons. The van der Waals surface area contributed by atoms with E-state index in [0.29, 0.717) is 5.92 Å². The summed E-state index contributed by atoms with van der Waals surface area (Å²) in [6.07, 6.45) is 4.80. The first-order chi connectivity index (χ1) is 11.7. The number of primary amides is 1. The Labute approximate surface area is 144 Å². The third-order valence-corrected chi connectivity index (χ3v) is 4.78. The van der Waals surface area contributed by atoms with Crippen molar-refractivity contribution >= 4 is 17.5 Å². The number of carbonyl (C=O) groups is 2. The molecule has 0 aliphatic heterocycles. The van der Waals surface area contributed by atoms with E-state index in [1.54, 1.807) is 11.9 Å². The number of nitrogens with two attached hydrogens (primary N) is 1. The number of hydrogen-bond donors (Lipinski definition) is 1. The highest BCUT2D eigenvalue weighted by Gasteiger charge is 2.26. The monoisotopic (exact) mass is 350 g/mol. The van der Waals surface area contributed by atoms with Gasteiger partial charge in [0.1, 0.15) is 12.1 Å². The van der Waals surface area contributed by atoms with Gasteiger partial charge < -0.3 is 10.6 Å². The van der Waals surface area contributed by atoms with Crippen LogP contribution in [0.3, 0.4) is 0 Å². The minimum absolute atomic E-state index is 0.0914. The molecule has 1 fully saturated rings. The maximum Gasteiger partial charge on any atom is 0.286 e. The normalized spacial score (nSPS) is 20.1. The Hall–Kier alpha value is -2.71. The largest absolute Gasteiger partial charge is 0.365 e. The van der Waals surface area contributed by atoms with Gasteiger partial charge in [-0.25, -0.2) is 0 Å². The summed E-state index contributed by atoms with van der Waals surface area (Å²) in [6.45, 7) is 1.80. The molecule has 1 aliphatic rings. The van der Waals surface area contributed by atoms with Gasteiger partial charge in [-0.3, -0.25) is 29.1 Å². The van der Waals surface area contributed by atoms with E-state index in [2.05, 4.69) is 6.92 Å². The molecule has 2 N–H and O–H groups in total. The SMILES string of the molecule is CC1CCC(N(C)C(=O)Cn2cc([N+](=O)[O-])cc(C(N)=O)c2=O)CC1. The molecule has 0 spiro atoms. The molecule has 1 heterocycles. The minimum atomic E-state index is -1.07. The van der Waals surface area contributed by atoms with Crippen molar-refractivity contribution in [2.75, 3.05) is 7.05 Å². The van der Waals surface area contributed by atoms with Crippen molar-refractivity contribution in [3.05, 3.63) is 38.3 Å². The molecule has 1 saturated carbocycles. The van der Waals surface area contributed by atoms with Crippen LogP contribution in [0.5, 0.6) is 0 Å². The minimum Gasteiger partial charge on any atom is -0.365 e. The second-order valence-electron chi connectivity index (χ2n) is 6.58. The molecule has 0 atom stereocenters. The van der Waals surface area contributed by atoms with E-state index in [-0.39, 0.29) is 18.5 Å². The smallest absolute Gasteiger partial charge is 0.286 e. The lowest BCUT2D eigenvalue weighted by Crippen LogP contribution is -2.42. The zero-order valence-electron chi connectivity index (χ0n) is 14.3. The van der Waals surface area contributed by atoms with Crippen molar-refractivity contribution in [1.82, 2.24) is 9.47 Å². The van der Waals surface area contributed by atoms with Gasteiger partial charge in [-0.2, -0.15) is 0 Å². The maximum atomic E-state index is 12.5. The van der Waals surface area contributed by atoms with Crippen LogP contribution in [0.15, 0.2) is 17.1 Å². The Balaban J connectivity index is 2.23. The number of aromatic nitrogens is 1. The van der Waals surface area contributed by atoms with Gasteiger partial charge in [0, 0.05) is 19.2 Å². The van der Waals surface area contributed by atoms with Gasteiger partial charge >= 0.3 is 0 Å². The van der Waals surface area contributed by atoms with Crippen LogP contribution >= 0.6 is 0 Å². The molecule has 9 heteroatoms.